The van der Waals surface area contributed by atoms with Gasteiger partial charge in [0, 0.05) is 25.7 Å². The predicted molar refractivity (Wildman–Crippen MR) is 133 cm³/mol. The number of nitrogens with zero attached hydrogens (tertiary/aromatic N) is 3. The van der Waals surface area contributed by atoms with E-state index in [9.17, 15) is 0 Å². The lowest BCUT2D eigenvalue weighted by atomic mass is 9.85. The maximum absolute atomic E-state index is 5.58. The number of rotatable bonds is 9. The molecule has 7 nitrogen and oxygen atoms in total. The van der Waals surface area contributed by atoms with E-state index in [1.807, 2.05) is 29.9 Å². The summed E-state index contributed by atoms with van der Waals surface area (Å²) in [5, 5.41) is 6.73. The summed E-state index contributed by atoms with van der Waals surface area (Å²) < 4.78 is 10.8. The van der Waals surface area contributed by atoms with Crippen molar-refractivity contribution in [2.24, 2.45) is 15.9 Å². The van der Waals surface area contributed by atoms with E-state index in [1.54, 1.807) is 7.11 Å². The summed E-state index contributed by atoms with van der Waals surface area (Å²) in [7, 11) is 3.97. The summed E-state index contributed by atoms with van der Waals surface area (Å²) in [6.45, 7) is 5.87. The Kier molecular flexibility index (Phi) is 12.8. The smallest absolute Gasteiger partial charge is 0.294 e. The molecule has 0 amide bonds. The zero-order valence-corrected chi connectivity index (χ0v) is 21.3. The summed E-state index contributed by atoms with van der Waals surface area (Å²) in [5.41, 5.74) is 0. The van der Waals surface area contributed by atoms with Crippen molar-refractivity contribution in [1.29, 1.82) is 0 Å². The van der Waals surface area contributed by atoms with Crippen molar-refractivity contribution in [2.75, 3.05) is 40.3 Å². The minimum absolute atomic E-state index is 0.444. The molecule has 0 heterocycles. The molecule has 2 unspecified atom stereocenters. The number of amidine groups is 2. The van der Waals surface area contributed by atoms with E-state index in [1.165, 1.54) is 57.8 Å². The van der Waals surface area contributed by atoms with Gasteiger partial charge in [-0.1, -0.05) is 25.7 Å². The number of nitrogens with one attached hydrogen (secondary N) is 2. The van der Waals surface area contributed by atoms with Crippen LogP contribution >= 0.6 is 23.0 Å². The summed E-state index contributed by atoms with van der Waals surface area (Å²) in [6.07, 6.45) is 12.4. The highest BCUT2D eigenvalue weighted by molar-refractivity contribution is 14.1. The number of methoxy groups -OCH3 is 1. The molecular formula is C22H42IN5O2. The Bertz CT molecular complexity index is 526. The molecular weight excluding hydrogens is 493 g/mol. The molecule has 0 saturated heterocycles. The monoisotopic (exact) mass is 535 g/mol. The summed E-state index contributed by atoms with van der Waals surface area (Å²) in [4.78, 5) is 11.8. The van der Waals surface area contributed by atoms with Crippen LogP contribution in [-0.4, -0.2) is 69.4 Å². The molecule has 174 valence electrons. The second kappa shape index (κ2) is 15.1. The highest BCUT2D eigenvalue weighted by Crippen LogP contribution is 2.25. The molecule has 2 rings (SSSR count). The van der Waals surface area contributed by atoms with Crippen LogP contribution in [0.1, 0.15) is 71.1 Å². The van der Waals surface area contributed by atoms with Crippen LogP contribution in [0.2, 0.25) is 0 Å². The molecule has 2 fully saturated rings. The lowest BCUT2D eigenvalue weighted by Gasteiger charge is -2.33. The van der Waals surface area contributed by atoms with Gasteiger partial charge in [0.25, 0.3) is 12.0 Å². The molecule has 2 atom stereocenters. The van der Waals surface area contributed by atoms with Crippen molar-refractivity contribution in [3.63, 3.8) is 0 Å². The largest absolute Gasteiger partial charge is 0.469 e. The van der Waals surface area contributed by atoms with E-state index in [2.05, 4.69) is 27.6 Å². The van der Waals surface area contributed by atoms with E-state index >= 15 is 0 Å². The SMILES string of the molecule is CCNC(=NCCCN(C)CC1CCCC(NC(=NC2CCCCC2)OC)C1)OI. The van der Waals surface area contributed by atoms with Crippen molar-refractivity contribution >= 4 is 35.0 Å². The van der Waals surface area contributed by atoms with Gasteiger partial charge in [0.15, 0.2) is 23.0 Å². The zero-order chi connectivity index (χ0) is 21.6. The third-order valence-corrected chi connectivity index (χ3v) is 6.52. The van der Waals surface area contributed by atoms with Gasteiger partial charge < -0.3 is 23.3 Å². The molecule has 0 aliphatic heterocycles. The predicted octanol–water partition coefficient (Wildman–Crippen LogP) is 4.12. The van der Waals surface area contributed by atoms with Crippen LogP contribution in [0.4, 0.5) is 0 Å². The number of aliphatic imine (C=N–C) groups is 2. The molecule has 2 aliphatic rings. The van der Waals surface area contributed by atoms with Crippen LogP contribution in [0.3, 0.4) is 0 Å². The van der Waals surface area contributed by atoms with Gasteiger partial charge in [-0.05, 0) is 65.0 Å². The molecule has 0 radical (unpaired) electrons. The average molecular weight is 536 g/mol. The minimum Gasteiger partial charge on any atom is -0.469 e. The van der Waals surface area contributed by atoms with Crippen LogP contribution in [0.15, 0.2) is 9.98 Å². The van der Waals surface area contributed by atoms with Gasteiger partial charge in [-0.3, -0.25) is 0 Å². The molecule has 0 aromatic carbocycles. The molecule has 2 saturated carbocycles. The molecule has 30 heavy (non-hydrogen) atoms. The second-order valence-electron chi connectivity index (χ2n) is 8.71. The molecule has 2 aliphatic carbocycles. The van der Waals surface area contributed by atoms with Gasteiger partial charge in [0.05, 0.1) is 13.2 Å². The average Bonchev–Trinajstić information content (AvgIpc) is 2.76. The molecule has 0 aromatic rings. The van der Waals surface area contributed by atoms with Gasteiger partial charge in [-0.2, -0.15) is 0 Å². The molecule has 2 N–H and O–H groups in total. The quantitative estimate of drug-likeness (QED) is 0.201. The van der Waals surface area contributed by atoms with Crippen LogP contribution < -0.4 is 10.6 Å². The highest BCUT2D eigenvalue weighted by atomic mass is 127. The lowest BCUT2D eigenvalue weighted by Crippen LogP contribution is -2.42. The fourth-order valence-electron chi connectivity index (χ4n) is 4.60. The first-order valence-corrected chi connectivity index (χ1v) is 12.7. The van der Waals surface area contributed by atoms with Gasteiger partial charge in [-0.25, -0.2) is 9.98 Å². The van der Waals surface area contributed by atoms with Crippen LogP contribution in [-0.2, 0) is 7.80 Å². The van der Waals surface area contributed by atoms with Gasteiger partial charge in [0.1, 0.15) is 0 Å². The van der Waals surface area contributed by atoms with Crippen LogP contribution in [0, 0.1) is 5.92 Å². The Morgan fingerprint density at radius 1 is 1.10 bits per heavy atom. The van der Waals surface area contributed by atoms with E-state index < -0.39 is 0 Å². The van der Waals surface area contributed by atoms with Gasteiger partial charge >= 0.3 is 0 Å². The van der Waals surface area contributed by atoms with Crippen molar-refractivity contribution < 1.29 is 7.80 Å². The maximum atomic E-state index is 5.58. The topological polar surface area (TPSA) is 70.5 Å². The van der Waals surface area contributed by atoms with Crippen molar-refractivity contribution in [3.05, 3.63) is 0 Å². The first-order valence-electron chi connectivity index (χ1n) is 11.8. The second-order valence-corrected chi connectivity index (χ2v) is 9.15. The molecule has 0 spiro atoms. The van der Waals surface area contributed by atoms with Crippen molar-refractivity contribution in [1.82, 2.24) is 15.5 Å². The first-order chi connectivity index (χ1) is 14.6. The van der Waals surface area contributed by atoms with Crippen LogP contribution in [0.25, 0.3) is 0 Å². The van der Waals surface area contributed by atoms with Crippen LogP contribution in [0.5, 0.6) is 0 Å². The third-order valence-electron chi connectivity index (χ3n) is 6.10. The summed E-state index contributed by atoms with van der Waals surface area (Å²) >= 11 is 1.88. The van der Waals surface area contributed by atoms with Crippen molar-refractivity contribution in [3.8, 4) is 0 Å². The van der Waals surface area contributed by atoms with E-state index in [4.69, 9.17) is 12.8 Å². The fraction of sp³-hybridized carbons (Fsp3) is 0.909. The third kappa shape index (κ3) is 10.0. The van der Waals surface area contributed by atoms with Gasteiger partial charge in [0.2, 0.25) is 0 Å². The number of halogens is 1. The van der Waals surface area contributed by atoms with E-state index in [0.717, 1.165) is 44.5 Å². The Morgan fingerprint density at radius 3 is 2.60 bits per heavy atom. The number of hydrogen-bond donors (Lipinski definition) is 2. The zero-order valence-electron chi connectivity index (χ0n) is 19.2. The van der Waals surface area contributed by atoms with Crippen molar-refractivity contribution in [2.45, 2.75) is 83.2 Å². The minimum atomic E-state index is 0.444. The first kappa shape index (κ1) is 25.5. The lowest BCUT2D eigenvalue weighted by molar-refractivity contribution is 0.210. The molecule has 8 heteroatoms. The Hall–Kier alpha value is -0.770. The number of hydrogen-bond acceptors (Lipinski definition) is 5. The molecule has 0 bridgehead atoms. The fourth-order valence-corrected chi connectivity index (χ4v) is 4.89. The van der Waals surface area contributed by atoms with Gasteiger partial charge in [-0.15, -0.1) is 0 Å². The van der Waals surface area contributed by atoms with E-state index in [-0.39, 0.29) is 0 Å². The Morgan fingerprint density at radius 2 is 1.90 bits per heavy atom. The Labute approximate surface area is 197 Å². The Balaban J connectivity index is 1.71. The standard InChI is InChI=1S/C22H42IN5O2/c1-4-24-21(30-23)25-14-9-15-28(2)17-18-10-8-13-20(16-18)27-22(29-3)26-19-11-6-5-7-12-19/h18-20H,4-17H2,1-3H3,(H,24,25)(H,26,27). The normalized spacial score (nSPS) is 24.0. The van der Waals surface area contributed by atoms with E-state index in [0.29, 0.717) is 18.1 Å². The molecule has 0 aromatic heterocycles. The maximum Gasteiger partial charge on any atom is 0.294 e. The highest BCUT2D eigenvalue weighted by Gasteiger charge is 2.24. The summed E-state index contributed by atoms with van der Waals surface area (Å²) in [6, 6.07) is 2.31. The number of ether oxygens (including phenoxy) is 1. The summed E-state index contributed by atoms with van der Waals surface area (Å²) in [5.74, 6) is 0.729.